The van der Waals surface area contributed by atoms with Gasteiger partial charge in [0, 0.05) is 11.3 Å². The van der Waals surface area contributed by atoms with Gasteiger partial charge < -0.3 is 5.32 Å². The minimum Gasteiger partial charge on any atom is -0.321 e. The Labute approximate surface area is 127 Å². The number of amides is 1. The third-order valence-electron chi connectivity index (χ3n) is 3.86. The van der Waals surface area contributed by atoms with Gasteiger partial charge >= 0.3 is 0 Å². The number of para-hydroxylation sites is 1. The minimum absolute atomic E-state index is 0.0249. The first-order chi connectivity index (χ1) is 10.1. The van der Waals surface area contributed by atoms with E-state index < -0.39 is 0 Å². The Morgan fingerprint density at radius 2 is 1.62 bits per heavy atom. The van der Waals surface area contributed by atoms with E-state index in [1.807, 2.05) is 32.0 Å². The number of aryl methyl sites for hydroxylation is 4. The second-order valence-electron chi connectivity index (χ2n) is 5.43. The van der Waals surface area contributed by atoms with Crippen molar-refractivity contribution in [3.63, 3.8) is 0 Å². The number of carbonyl (C=O) groups is 1. The Balaban J connectivity index is 2.35. The van der Waals surface area contributed by atoms with Crippen LogP contribution in [0.5, 0.6) is 0 Å². The molecular formula is C19H23NO. The molecule has 0 unspecified atom stereocenters. The van der Waals surface area contributed by atoms with Gasteiger partial charge in [0.15, 0.2) is 0 Å². The summed E-state index contributed by atoms with van der Waals surface area (Å²) >= 11 is 0. The third kappa shape index (κ3) is 3.33. The number of nitrogens with one attached hydrogen (secondary N) is 1. The van der Waals surface area contributed by atoms with Gasteiger partial charge in [0.2, 0.25) is 0 Å². The number of hydrogen-bond donors (Lipinski definition) is 1. The highest BCUT2D eigenvalue weighted by Crippen LogP contribution is 2.24. The lowest BCUT2D eigenvalue weighted by Crippen LogP contribution is -2.16. The molecule has 0 radical (unpaired) electrons. The molecule has 0 fully saturated rings. The number of carbonyl (C=O) groups excluding carboxylic acids is 1. The third-order valence-corrected chi connectivity index (χ3v) is 3.86. The summed E-state index contributed by atoms with van der Waals surface area (Å²) in [5, 5.41) is 3.12. The normalized spacial score (nSPS) is 10.5. The maximum Gasteiger partial charge on any atom is 0.255 e. The van der Waals surface area contributed by atoms with Crippen molar-refractivity contribution in [1.82, 2.24) is 0 Å². The number of hydrogen-bond acceptors (Lipinski definition) is 1. The van der Waals surface area contributed by atoms with E-state index in [9.17, 15) is 4.79 Å². The molecule has 0 aromatic heterocycles. The van der Waals surface area contributed by atoms with Crippen LogP contribution in [0.15, 0.2) is 36.4 Å². The fourth-order valence-electron chi connectivity index (χ4n) is 2.65. The zero-order valence-electron chi connectivity index (χ0n) is 13.3. The van der Waals surface area contributed by atoms with E-state index in [0.29, 0.717) is 0 Å². The van der Waals surface area contributed by atoms with E-state index in [0.717, 1.165) is 29.7 Å². The first kappa shape index (κ1) is 15.3. The van der Waals surface area contributed by atoms with Crippen LogP contribution in [0.25, 0.3) is 0 Å². The van der Waals surface area contributed by atoms with Gasteiger partial charge in [-0.3, -0.25) is 4.79 Å². The Morgan fingerprint density at radius 1 is 1.00 bits per heavy atom. The van der Waals surface area contributed by atoms with Gasteiger partial charge in [-0.2, -0.15) is 0 Å². The molecule has 2 aromatic carbocycles. The summed E-state index contributed by atoms with van der Waals surface area (Å²) in [7, 11) is 0. The van der Waals surface area contributed by atoms with Crippen molar-refractivity contribution in [2.45, 2.75) is 40.5 Å². The molecule has 0 aliphatic heterocycles. The molecule has 0 aliphatic carbocycles. The first-order valence-electron chi connectivity index (χ1n) is 7.56. The van der Waals surface area contributed by atoms with Crippen molar-refractivity contribution in [3.05, 3.63) is 64.2 Å². The van der Waals surface area contributed by atoms with Crippen LogP contribution in [0.4, 0.5) is 5.69 Å². The van der Waals surface area contributed by atoms with Gasteiger partial charge in [0.1, 0.15) is 0 Å². The molecule has 1 amide bonds. The van der Waals surface area contributed by atoms with Gasteiger partial charge in [-0.15, -0.1) is 0 Å². The summed E-state index contributed by atoms with van der Waals surface area (Å²) in [6, 6.07) is 12.1. The van der Waals surface area contributed by atoms with Gasteiger partial charge in [0.25, 0.3) is 5.91 Å². The molecule has 0 atom stereocenters. The highest BCUT2D eigenvalue weighted by Gasteiger charge is 2.13. The molecule has 2 nitrogen and oxygen atoms in total. The molecule has 0 bridgehead atoms. The van der Waals surface area contributed by atoms with E-state index in [4.69, 9.17) is 0 Å². The second-order valence-corrected chi connectivity index (χ2v) is 5.43. The molecule has 1 N–H and O–H groups in total. The standard InChI is InChI=1S/C19H23NO/c1-5-15-8-7-9-16(6-2)18(15)20-19(21)17-11-10-13(3)12-14(17)4/h7-12H,5-6H2,1-4H3,(H,20,21). The predicted molar refractivity (Wildman–Crippen MR) is 89.1 cm³/mol. The summed E-state index contributed by atoms with van der Waals surface area (Å²) in [4.78, 5) is 12.6. The first-order valence-corrected chi connectivity index (χ1v) is 7.56. The van der Waals surface area contributed by atoms with Crippen LogP contribution >= 0.6 is 0 Å². The van der Waals surface area contributed by atoms with Crippen LogP contribution in [-0.2, 0) is 12.8 Å². The molecule has 0 aliphatic rings. The second kappa shape index (κ2) is 6.57. The molecule has 0 spiro atoms. The van der Waals surface area contributed by atoms with Crippen LogP contribution in [-0.4, -0.2) is 5.91 Å². The van der Waals surface area contributed by atoms with E-state index >= 15 is 0 Å². The Hall–Kier alpha value is -2.09. The van der Waals surface area contributed by atoms with Crippen LogP contribution < -0.4 is 5.32 Å². The monoisotopic (exact) mass is 281 g/mol. The van der Waals surface area contributed by atoms with E-state index in [-0.39, 0.29) is 5.91 Å². The zero-order valence-corrected chi connectivity index (χ0v) is 13.3. The summed E-state index contributed by atoms with van der Waals surface area (Å²) in [6.45, 7) is 8.24. The Kier molecular flexibility index (Phi) is 4.79. The van der Waals surface area contributed by atoms with Crippen molar-refractivity contribution in [1.29, 1.82) is 0 Å². The highest BCUT2D eigenvalue weighted by molar-refractivity contribution is 6.06. The van der Waals surface area contributed by atoms with Crippen LogP contribution in [0, 0.1) is 13.8 Å². The lowest BCUT2D eigenvalue weighted by atomic mass is 10.0. The lowest BCUT2D eigenvalue weighted by Gasteiger charge is -2.15. The quantitative estimate of drug-likeness (QED) is 0.866. The Bertz CT molecular complexity index is 636. The van der Waals surface area contributed by atoms with Gasteiger partial charge in [0.05, 0.1) is 0 Å². The molecular weight excluding hydrogens is 258 g/mol. The van der Waals surface area contributed by atoms with Crippen LogP contribution in [0.2, 0.25) is 0 Å². The van der Waals surface area contributed by atoms with E-state index in [2.05, 4.69) is 37.4 Å². The topological polar surface area (TPSA) is 29.1 Å². The van der Waals surface area contributed by atoms with Gasteiger partial charge in [-0.05, 0) is 49.4 Å². The molecule has 21 heavy (non-hydrogen) atoms. The average molecular weight is 281 g/mol. The maximum absolute atomic E-state index is 12.6. The fraction of sp³-hybridized carbons (Fsp3) is 0.316. The summed E-state index contributed by atoms with van der Waals surface area (Å²) in [5.41, 5.74) is 6.28. The number of benzene rings is 2. The zero-order chi connectivity index (χ0) is 15.4. The minimum atomic E-state index is -0.0249. The molecule has 0 heterocycles. The van der Waals surface area contributed by atoms with Crippen molar-refractivity contribution in [2.75, 3.05) is 5.32 Å². The summed E-state index contributed by atoms with van der Waals surface area (Å²) in [5.74, 6) is -0.0249. The summed E-state index contributed by atoms with van der Waals surface area (Å²) < 4.78 is 0. The molecule has 2 heteroatoms. The van der Waals surface area contributed by atoms with Gasteiger partial charge in [-0.1, -0.05) is 49.7 Å². The number of anilines is 1. The fourth-order valence-corrected chi connectivity index (χ4v) is 2.65. The van der Waals surface area contributed by atoms with Crippen molar-refractivity contribution in [3.8, 4) is 0 Å². The molecule has 0 saturated carbocycles. The highest BCUT2D eigenvalue weighted by atomic mass is 16.1. The Morgan fingerprint density at radius 3 is 2.14 bits per heavy atom. The van der Waals surface area contributed by atoms with Crippen LogP contribution in [0.1, 0.15) is 46.5 Å². The largest absolute Gasteiger partial charge is 0.321 e. The SMILES string of the molecule is CCc1cccc(CC)c1NC(=O)c1ccc(C)cc1C. The van der Waals surface area contributed by atoms with Crippen LogP contribution in [0.3, 0.4) is 0 Å². The van der Waals surface area contributed by atoms with Crippen molar-refractivity contribution >= 4 is 11.6 Å². The van der Waals surface area contributed by atoms with E-state index in [1.165, 1.54) is 16.7 Å². The van der Waals surface area contributed by atoms with E-state index in [1.54, 1.807) is 0 Å². The van der Waals surface area contributed by atoms with Gasteiger partial charge in [-0.25, -0.2) is 0 Å². The smallest absolute Gasteiger partial charge is 0.255 e. The van der Waals surface area contributed by atoms with Crippen molar-refractivity contribution < 1.29 is 4.79 Å². The average Bonchev–Trinajstić information content (AvgIpc) is 2.47. The number of rotatable bonds is 4. The molecule has 2 rings (SSSR count). The summed E-state index contributed by atoms with van der Waals surface area (Å²) in [6.07, 6.45) is 1.83. The molecule has 110 valence electrons. The molecule has 0 saturated heterocycles. The molecule has 2 aromatic rings. The van der Waals surface area contributed by atoms with Crippen molar-refractivity contribution in [2.24, 2.45) is 0 Å². The maximum atomic E-state index is 12.6. The predicted octanol–water partition coefficient (Wildman–Crippen LogP) is 4.68. The lowest BCUT2D eigenvalue weighted by molar-refractivity contribution is 0.102.